The molecule has 0 saturated carbocycles. The van der Waals surface area contributed by atoms with Crippen LogP contribution in [0.1, 0.15) is 32.2 Å². The fourth-order valence-corrected chi connectivity index (χ4v) is 4.35. The zero-order valence-corrected chi connectivity index (χ0v) is 15.5. The van der Waals surface area contributed by atoms with Crippen LogP contribution in [0.25, 0.3) is 5.69 Å². The van der Waals surface area contributed by atoms with Crippen LogP contribution in [0, 0.1) is 13.8 Å². The molecule has 26 heavy (non-hydrogen) atoms. The van der Waals surface area contributed by atoms with Gasteiger partial charge in [-0.25, -0.2) is 4.68 Å². The van der Waals surface area contributed by atoms with Crippen molar-refractivity contribution in [1.29, 1.82) is 0 Å². The Morgan fingerprint density at radius 1 is 1.12 bits per heavy atom. The third-order valence-electron chi connectivity index (χ3n) is 4.81. The van der Waals surface area contributed by atoms with Gasteiger partial charge in [-0.2, -0.15) is 5.10 Å². The lowest BCUT2D eigenvalue weighted by Crippen LogP contribution is -2.40. The summed E-state index contributed by atoms with van der Waals surface area (Å²) in [5, 5.41) is 6.52. The Kier molecular flexibility index (Phi) is 4.20. The second-order valence-corrected chi connectivity index (χ2v) is 7.47. The Morgan fingerprint density at radius 2 is 1.88 bits per heavy atom. The number of para-hydroxylation sites is 1. The summed E-state index contributed by atoms with van der Waals surface area (Å²) in [7, 11) is 0. The summed E-state index contributed by atoms with van der Waals surface area (Å²) >= 11 is 1.71. The number of aryl methyl sites for hydroxylation is 1. The van der Waals surface area contributed by atoms with Crippen LogP contribution in [0.15, 0.2) is 41.8 Å². The van der Waals surface area contributed by atoms with Gasteiger partial charge in [-0.3, -0.25) is 9.59 Å². The van der Waals surface area contributed by atoms with E-state index in [1.54, 1.807) is 27.8 Å². The Balaban J connectivity index is 1.63. The summed E-state index contributed by atoms with van der Waals surface area (Å²) in [6.45, 7) is 4.71. The number of fused-ring (bicyclic) bond motifs is 1. The van der Waals surface area contributed by atoms with E-state index in [0.717, 1.165) is 17.7 Å². The van der Waals surface area contributed by atoms with Crippen molar-refractivity contribution in [3.63, 3.8) is 0 Å². The van der Waals surface area contributed by atoms with E-state index in [-0.39, 0.29) is 0 Å². The average Bonchev–Trinajstić information content (AvgIpc) is 3.24. The van der Waals surface area contributed by atoms with Crippen molar-refractivity contribution in [2.45, 2.75) is 26.8 Å². The SMILES string of the molecule is Cc1nn(-c2ccccc2)c(C)c1C(=O)C(=O)N1CCc2sccc2C1. The molecule has 4 rings (SSSR count). The van der Waals surface area contributed by atoms with Crippen LogP contribution in [0.4, 0.5) is 0 Å². The highest BCUT2D eigenvalue weighted by molar-refractivity contribution is 7.10. The first-order chi connectivity index (χ1) is 12.6. The molecule has 1 aromatic carbocycles. The van der Waals surface area contributed by atoms with Crippen LogP contribution in [0.3, 0.4) is 0 Å². The number of hydrogen-bond acceptors (Lipinski definition) is 4. The fourth-order valence-electron chi connectivity index (χ4n) is 3.46. The summed E-state index contributed by atoms with van der Waals surface area (Å²) in [5.41, 5.74) is 3.71. The molecule has 132 valence electrons. The predicted molar refractivity (Wildman–Crippen MR) is 101 cm³/mol. The molecule has 0 aliphatic carbocycles. The zero-order chi connectivity index (χ0) is 18.3. The third-order valence-corrected chi connectivity index (χ3v) is 5.83. The van der Waals surface area contributed by atoms with E-state index in [9.17, 15) is 9.59 Å². The summed E-state index contributed by atoms with van der Waals surface area (Å²) in [4.78, 5) is 28.7. The molecule has 3 heterocycles. The molecule has 0 spiro atoms. The molecule has 2 aromatic heterocycles. The molecule has 0 saturated heterocycles. The lowest BCUT2D eigenvalue weighted by atomic mass is 10.1. The molecule has 0 atom stereocenters. The minimum absolute atomic E-state index is 0.412. The first kappa shape index (κ1) is 16.7. The lowest BCUT2D eigenvalue weighted by Gasteiger charge is -2.26. The average molecular weight is 365 g/mol. The predicted octanol–water partition coefficient (Wildman–Crippen LogP) is 3.32. The summed E-state index contributed by atoms with van der Waals surface area (Å²) in [5.74, 6) is -0.915. The van der Waals surface area contributed by atoms with Crippen LogP contribution in [0.2, 0.25) is 0 Å². The van der Waals surface area contributed by atoms with Gasteiger partial charge in [0.25, 0.3) is 11.7 Å². The highest BCUT2D eigenvalue weighted by Crippen LogP contribution is 2.25. The topological polar surface area (TPSA) is 55.2 Å². The summed E-state index contributed by atoms with van der Waals surface area (Å²) in [6.07, 6.45) is 0.813. The van der Waals surface area contributed by atoms with Gasteiger partial charge in [0.15, 0.2) is 0 Å². The molecule has 0 fully saturated rings. The van der Waals surface area contributed by atoms with Gasteiger partial charge >= 0.3 is 0 Å². The molecule has 3 aromatic rings. The van der Waals surface area contributed by atoms with Gasteiger partial charge in [-0.15, -0.1) is 11.3 Å². The molecular weight excluding hydrogens is 346 g/mol. The molecule has 0 N–H and O–H groups in total. The Hall–Kier alpha value is -2.73. The Morgan fingerprint density at radius 3 is 2.65 bits per heavy atom. The first-order valence-electron chi connectivity index (χ1n) is 8.56. The van der Waals surface area contributed by atoms with Gasteiger partial charge in [0.1, 0.15) is 0 Å². The molecular formula is C20H19N3O2S. The van der Waals surface area contributed by atoms with Crippen LogP contribution >= 0.6 is 11.3 Å². The number of Topliss-reactive ketones (excluding diaryl/α,β-unsaturated/α-hetero) is 1. The monoisotopic (exact) mass is 365 g/mol. The molecule has 5 nitrogen and oxygen atoms in total. The van der Waals surface area contributed by atoms with Gasteiger partial charge in [-0.05, 0) is 49.4 Å². The van der Waals surface area contributed by atoms with E-state index in [1.165, 1.54) is 4.88 Å². The second-order valence-electron chi connectivity index (χ2n) is 6.47. The van der Waals surface area contributed by atoms with Crippen molar-refractivity contribution in [2.24, 2.45) is 0 Å². The van der Waals surface area contributed by atoms with Gasteiger partial charge in [0, 0.05) is 18.0 Å². The Labute approximate surface area is 155 Å². The molecule has 6 heteroatoms. The zero-order valence-electron chi connectivity index (χ0n) is 14.7. The first-order valence-corrected chi connectivity index (χ1v) is 9.44. The molecule has 0 bridgehead atoms. The number of amides is 1. The van der Waals surface area contributed by atoms with E-state index in [0.29, 0.717) is 30.0 Å². The third kappa shape index (κ3) is 2.76. The summed E-state index contributed by atoms with van der Waals surface area (Å²) < 4.78 is 1.73. The number of aromatic nitrogens is 2. The highest BCUT2D eigenvalue weighted by Gasteiger charge is 2.31. The van der Waals surface area contributed by atoms with Gasteiger partial charge < -0.3 is 4.90 Å². The lowest BCUT2D eigenvalue weighted by molar-refractivity contribution is -0.127. The maximum Gasteiger partial charge on any atom is 0.295 e. The van der Waals surface area contributed by atoms with Gasteiger partial charge in [0.05, 0.1) is 22.6 Å². The van der Waals surface area contributed by atoms with Crippen LogP contribution in [-0.2, 0) is 17.8 Å². The summed E-state index contributed by atoms with van der Waals surface area (Å²) in [6, 6.07) is 11.7. The van der Waals surface area contributed by atoms with E-state index < -0.39 is 11.7 Å². The number of ketones is 1. The van der Waals surface area contributed by atoms with E-state index in [4.69, 9.17) is 0 Å². The van der Waals surface area contributed by atoms with Crippen molar-refractivity contribution in [3.8, 4) is 5.69 Å². The maximum atomic E-state index is 12.9. The van der Waals surface area contributed by atoms with Crippen LogP contribution in [0.5, 0.6) is 0 Å². The van der Waals surface area contributed by atoms with Crippen molar-refractivity contribution < 1.29 is 9.59 Å². The number of benzene rings is 1. The largest absolute Gasteiger partial charge is 0.331 e. The van der Waals surface area contributed by atoms with E-state index in [2.05, 4.69) is 5.10 Å². The van der Waals surface area contributed by atoms with Crippen molar-refractivity contribution in [3.05, 3.63) is 69.2 Å². The number of thiophene rings is 1. The quantitative estimate of drug-likeness (QED) is 0.528. The maximum absolute atomic E-state index is 12.9. The van der Waals surface area contributed by atoms with Gasteiger partial charge in [0.2, 0.25) is 0 Å². The molecule has 1 aliphatic rings. The van der Waals surface area contributed by atoms with Gasteiger partial charge in [-0.1, -0.05) is 18.2 Å². The molecule has 0 radical (unpaired) electrons. The second kappa shape index (κ2) is 6.53. The Bertz CT molecular complexity index is 988. The van der Waals surface area contributed by atoms with Crippen molar-refractivity contribution in [1.82, 2.24) is 14.7 Å². The van der Waals surface area contributed by atoms with Crippen LogP contribution in [-0.4, -0.2) is 32.9 Å². The standard InChI is InChI=1S/C20H19N3O2S/c1-13-18(14(2)23(21-13)16-6-4-3-5-7-16)19(24)20(25)22-10-8-17-15(12-22)9-11-26-17/h3-7,9,11H,8,10,12H2,1-2H3. The van der Waals surface area contributed by atoms with Crippen LogP contribution < -0.4 is 0 Å². The normalized spacial score (nSPS) is 13.5. The minimum Gasteiger partial charge on any atom is -0.331 e. The van der Waals surface area contributed by atoms with Crippen molar-refractivity contribution in [2.75, 3.05) is 6.54 Å². The number of carbonyl (C=O) groups is 2. The molecule has 1 aliphatic heterocycles. The van der Waals surface area contributed by atoms with E-state index >= 15 is 0 Å². The number of carbonyl (C=O) groups excluding carboxylic acids is 2. The number of nitrogens with zero attached hydrogens (tertiary/aromatic N) is 3. The smallest absolute Gasteiger partial charge is 0.295 e. The van der Waals surface area contributed by atoms with Crippen molar-refractivity contribution >= 4 is 23.0 Å². The fraction of sp³-hybridized carbons (Fsp3) is 0.250. The highest BCUT2D eigenvalue weighted by atomic mass is 32.1. The molecule has 1 amide bonds. The number of rotatable bonds is 3. The van der Waals surface area contributed by atoms with E-state index in [1.807, 2.05) is 48.7 Å². The number of hydrogen-bond donors (Lipinski definition) is 0. The molecule has 0 unspecified atom stereocenters. The minimum atomic E-state index is -0.471.